The fourth-order valence-corrected chi connectivity index (χ4v) is 17.0. The van der Waals surface area contributed by atoms with Crippen LogP contribution in [0.25, 0.3) is 0 Å². The largest absolute Gasteiger partial charge is 0.534 e. The van der Waals surface area contributed by atoms with E-state index in [0.717, 1.165) is 45.6 Å². The van der Waals surface area contributed by atoms with Crippen LogP contribution in [-0.4, -0.2) is 90.9 Å². The minimum Gasteiger partial charge on any atom is -0.534 e. The number of hydrogen-bond acceptors (Lipinski definition) is 6. The number of aromatic hydroxyl groups is 2. The molecule has 9 aliphatic rings. The van der Waals surface area contributed by atoms with E-state index in [0.29, 0.717) is 33.8 Å². The minimum atomic E-state index is 0. The third-order valence-corrected chi connectivity index (χ3v) is 20.3. The molecule has 6 bridgehead atoms. The van der Waals surface area contributed by atoms with Crippen molar-refractivity contribution in [3.63, 3.8) is 0 Å². The summed E-state index contributed by atoms with van der Waals surface area (Å²) in [4.78, 5) is 7.80. The van der Waals surface area contributed by atoms with Crippen molar-refractivity contribution in [2.75, 3.05) is 47.9 Å². The molecule has 9 heteroatoms. The first-order valence-corrected chi connectivity index (χ1v) is 25.9. The normalized spacial score (nSPS) is 35.6. The molecular weight excluding hydrogens is 1060 g/mol. The number of hydrogen-bond donors (Lipinski definition) is 2. The van der Waals surface area contributed by atoms with Crippen LogP contribution < -0.4 is 4.74 Å². The van der Waals surface area contributed by atoms with Crippen molar-refractivity contribution in [1.82, 2.24) is 14.7 Å². The predicted octanol–water partition coefficient (Wildman–Crippen LogP) is 10.6. The van der Waals surface area contributed by atoms with Crippen molar-refractivity contribution in [2.24, 2.45) is 17.8 Å². The summed E-state index contributed by atoms with van der Waals surface area (Å²) in [5, 5.41) is 20.1. The Morgan fingerprint density at radius 1 is 0.574 bits per heavy atom. The minimum absolute atomic E-state index is 0. The average Bonchev–Trinajstić information content (AvgIpc) is 3.26. The number of benzene rings is 3. The molecule has 6 nitrogen and oxygen atoms in total. The fraction of sp³-hybridized carbons (Fsp3) is 0.654. The van der Waals surface area contributed by atoms with Crippen LogP contribution in [0.4, 0.5) is 0 Å². The Morgan fingerprint density at radius 2 is 1.00 bits per heavy atom. The van der Waals surface area contributed by atoms with Crippen LogP contribution in [0.3, 0.4) is 0 Å². The Labute approximate surface area is 419 Å². The van der Waals surface area contributed by atoms with E-state index in [1.165, 1.54) is 155 Å². The van der Waals surface area contributed by atoms with Crippen LogP contribution in [0, 0.1) is 31.0 Å². The number of nitrogens with zero attached hydrogens (tertiary/aromatic N) is 3. The van der Waals surface area contributed by atoms with Gasteiger partial charge in [-0.05, 0) is 226 Å². The van der Waals surface area contributed by atoms with Gasteiger partial charge < -0.3 is 29.6 Å². The summed E-state index contributed by atoms with van der Waals surface area (Å²) in [6.45, 7) is 3.68. The molecule has 9 atom stereocenters. The maximum atomic E-state index is 10.2. The van der Waals surface area contributed by atoms with Crippen molar-refractivity contribution in [1.29, 1.82) is 0 Å². The van der Waals surface area contributed by atoms with Crippen molar-refractivity contribution in [3.8, 4) is 17.2 Å². The summed E-state index contributed by atoms with van der Waals surface area (Å²) in [5.41, 5.74) is 10.3. The van der Waals surface area contributed by atoms with E-state index in [1.807, 2.05) is 12.1 Å². The van der Waals surface area contributed by atoms with Crippen LogP contribution in [0.2, 0.25) is 0 Å². The van der Waals surface area contributed by atoms with Gasteiger partial charge >= 0.3 is 0 Å². The molecule has 6 aliphatic carbocycles. The van der Waals surface area contributed by atoms with Gasteiger partial charge in [0, 0.05) is 67.4 Å². The zero-order valence-corrected chi connectivity index (χ0v) is 44.4. The third-order valence-electron chi connectivity index (χ3n) is 18.6. The maximum absolute atomic E-state index is 10.2. The van der Waals surface area contributed by atoms with Gasteiger partial charge in [0.15, 0.2) is 0 Å². The zero-order chi connectivity index (χ0) is 41.6. The number of rotatable bonds is 1. The number of likely N-dealkylation sites (N-methyl/N-ethyl adjacent to an activating group) is 3. The second-order valence-electron chi connectivity index (χ2n) is 20.9. The molecule has 3 aliphatic heterocycles. The SMILES string of the molecule is CN1CC[C@@]23CCCCC2[C@@H]1Cc1cc(I)c(O)cc13.CN1CC[C@@]23CCCC[C@@H]2[C@@H]1Cc1c[c-]c(O)cc13.COc1cc2c(cc1I)C[C@H]1C3CCCC[C@@]23CCN1C.[Y]. The number of methoxy groups -OCH3 is 1. The Balaban J connectivity index is 0.000000116. The van der Waals surface area contributed by atoms with Gasteiger partial charge in [0.1, 0.15) is 11.5 Å². The van der Waals surface area contributed by atoms with E-state index in [-0.39, 0.29) is 32.7 Å². The van der Waals surface area contributed by atoms with Gasteiger partial charge in [-0.25, -0.2) is 0 Å². The second-order valence-corrected chi connectivity index (χ2v) is 23.2. The van der Waals surface area contributed by atoms with Crippen molar-refractivity contribution in [3.05, 3.63) is 83.0 Å². The first kappa shape index (κ1) is 45.7. The molecule has 0 spiro atoms. The predicted molar refractivity (Wildman–Crippen MR) is 259 cm³/mol. The van der Waals surface area contributed by atoms with Gasteiger partial charge in [0.05, 0.1) is 14.3 Å². The first-order chi connectivity index (χ1) is 29.0. The first-order valence-electron chi connectivity index (χ1n) is 23.7. The number of halogens is 2. The molecule has 3 aromatic rings. The molecule has 1 radical (unpaired) electrons. The Kier molecular flexibility index (Phi) is 13.4. The molecule has 12 rings (SSSR count). The summed E-state index contributed by atoms with van der Waals surface area (Å²) in [6.07, 6.45) is 23.9. The van der Waals surface area contributed by atoms with Crippen LogP contribution >= 0.6 is 45.2 Å². The third kappa shape index (κ3) is 7.64. The van der Waals surface area contributed by atoms with E-state index in [4.69, 9.17) is 4.74 Å². The number of likely N-dealkylation sites (tertiary alicyclic amines) is 3. The van der Waals surface area contributed by atoms with Crippen LogP contribution in [-0.2, 0) is 68.2 Å². The standard InChI is InChI=1S/C18H24INO.C17H22INO.C17H22NO.Y/c1-20-8-7-18-6-4-3-5-13(18)16(20)10-12-9-15(19)17(21-2)11-14(12)18;1-19-7-6-17-5-3-2-4-12(17)15(19)9-11-8-14(18)16(20)10-13(11)17;1-18-9-8-17-7-3-2-4-14(17)16(18)10-12-5-6-13(19)11-15(12)17;/h9,11,13,16H,3-8,10H2,1-2H3;8,10,12,15,20H,2-7,9H2,1H3;5,11,14,16,19H,2-4,7-10H2,1H3;/q;;-1;/t13?,16-,18-;12?,15-,17-;14-,16+,17+;/m001./s1. The molecule has 6 fully saturated rings. The van der Waals surface area contributed by atoms with E-state index < -0.39 is 0 Å². The molecule has 2 N–H and O–H groups in total. The Bertz CT molecular complexity index is 2120. The fourth-order valence-electron chi connectivity index (χ4n) is 15.7. The molecule has 0 amide bonds. The van der Waals surface area contributed by atoms with Gasteiger partial charge in [-0.3, -0.25) is 0 Å². The Hall–Kier alpha value is -0.496. The van der Waals surface area contributed by atoms with E-state index in [1.54, 1.807) is 18.2 Å². The molecule has 61 heavy (non-hydrogen) atoms. The van der Waals surface area contributed by atoms with E-state index in [9.17, 15) is 10.2 Å². The second kappa shape index (κ2) is 18.0. The molecule has 3 aromatic carbocycles. The summed E-state index contributed by atoms with van der Waals surface area (Å²) in [5.74, 6) is 4.36. The average molecular weight is 1130 g/mol. The molecule has 3 saturated carbocycles. The summed E-state index contributed by atoms with van der Waals surface area (Å²) < 4.78 is 7.90. The zero-order valence-electron chi connectivity index (χ0n) is 37.3. The smallest absolute Gasteiger partial charge is 0.132 e. The summed E-state index contributed by atoms with van der Waals surface area (Å²) in [7, 11) is 8.74. The van der Waals surface area contributed by atoms with Gasteiger partial charge in [-0.1, -0.05) is 44.9 Å². The van der Waals surface area contributed by atoms with Gasteiger partial charge in [0.25, 0.3) is 0 Å². The number of phenolic OH excluding ortho intramolecular Hbond substituents is 2. The van der Waals surface area contributed by atoms with Gasteiger partial charge in [0.2, 0.25) is 0 Å². The molecule has 327 valence electrons. The summed E-state index contributed by atoms with van der Waals surface area (Å²) >= 11 is 4.68. The van der Waals surface area contributed by atoms with Crippen LogP contribution in [0.1, 0.15) is 130 Å². The van der Waals surface area contributed by atoms with Crippen molar-refractivity contribution in [2.45, 2.75) is 150 Å². The van der Waals surface area contributed by atoms with Crippen LogP contribution in [0.5, 0.6) is 17.2 Å². The molecule has 3 saturated heterocycles. The van der Waals surface area contributed by atoms with E-state index in [2.05, 4.69) is 111 Å². The monoisotopic (exact) mass is 1130 g/mol. The topological polar surface area (TPSA) is 59.4 Å². The Morgan fingerprint density at radius 3 is 1.48 bits per heavy atom. The molecular formula is C52H68I2N3O3Y-. The summed E-state index contributed by atoms with van der Waals surface area (Å²) in [6, 6.07) is 18.4. The molecule has 3 heterocycles. The van der Waals surface area contributed by atoms with E-state index >= 15 is 0 Å². The maximum Gasteiger partial charge on any atom is 0.132 e. The van der Waals surface area contributed by atoms with Gasteiger partial charge in [-0.15, -0.1) is 17.7 Å². The van der Waals surface area contributed by atoms with Gasteiger partial charge in [-0.2, -0.15) is 11.6 Å². The molecule has 2 unspecified atom stereocenters. The number of phenols is 2. The van der Waals surface area contributed by atoms with Crippen molar-refractivity contribution >= 4 is 45.2 Å². The number of piperidine rings is 3. The number of ether oxygens (including phenoxy) is 1. The van der Waals surface area contributed by atoms with Crippen molar-refractivity contribution < 1.29 is 47.7 Å². The molecule has 0 aromatic heterocycles. The quantitative estimate of drug-likeness (QED) is 0.187. The number of fused-ring (bicyclic) bond motifs is 3. The van der Waals surface area contributed by atoms with Crippen LogP contribution in [0.15, 0.2) is 36.4 Å².